The quantitative estimate of drug-likeness (QED) is 0.703. The van der Waals surface area contributed by atoms with Crippen molar-refractivity contribution in [3.8, 4) is 11.5 Å². The number of rotatable bonds is 7. The summed E-state index contributed by atoms with van der Waals surface area (Å²) in [5.41, 5.74) is 0.852. The maximum Gasteiger partial charge on any atom is 0.246 e. The number of thioether (sulfide) groups is 1. The van der Waals surface area contributed by atoms with Gasteiger partial charge in [0.05, 0.1) is 14.2 Å². The molecule has 0 aromatic heterocycles. The molecule has 0 bridgehead atoms. The normalized spacial score (nSPS) is 11.5. The van der Waals surface area contributed by atoms with Gasteiger partial charge >= 0.3 is 0 Å². The molecule has 7 heteroatoms. The average Bonchev–Trinajstić information content (AvgIpc) is 2.61. The third-order valence-electron chi connectivity index (χ3n) is 3.61. The van der Waals surface area contributed by atoms with Crippen LogP contribution in [0.25, 0.3) is 0 Å². The van der Waals surface area contributed by atoms with Crippen LogP contribution in [0.3, 0.4) is 0 Å². The molecule has 0 radical (unpaired) electrons. The summed E-state index contributed by atoms with van der Waals surface area (Å²) < 4.78 is 37.4. The highest BCUT2D eigenvalue weighted by Gasteiger charge is 2.24. The van der Waals surface area contributed by atoms with Crippen molar-refractivity contribution < 1.29 is 17.9 Å². The molecule has 0 aliphatic rings. The molecule has 2 rings (SSSR count). The van der Waals surface area contributed by atoms with Crippen molar-refractivity contribution in [3.05, 3.63) is 48.0 Å². The second kappa shape index (κ2) is 7.92. The molecule has 0 saturated carbocycles. The number of methoxy groups -OCH3 is 2. The molecule has 0 unspecified atom stereocenters. The van der Waals surface area contributed by atoms with Gasteiger partial charge in [0.15, 0.2) is 0 Å². The van der Waals surface area contributed by atoms with E-state index in [0.717, 1.165) is 16.2 Å². The van der Waals surface area contributed by atoms with Crippen LogP contribution in [-0.4, -0.2) is 40.2 Å². The number of benzene rings is 2. The molecule has 0 atom stereocenters. The Bertz CT molecular complexity index is 806. The summed E-state index contributed by atoms with van der Waals surface area (Å²) in [7, 11) is 0.963. The minimum absolute atomic E-state index is 0.155. The van der Waals surface area contributed by atoms with E-state index in [1.165, 1.54) is 11.4 Å². The van der Waals surface area contributed by atoms with E-state index in [-0.39, 0.29) is 11.4 Å². The van der Waals surface area contributed by atoms with Crippen molar-refractivity contribution in [1.82, 2.24) is 4.31 Å². The SMILES string of the molecule is COc1cc(CN(C)S(=O)(=O)c2ccccc2OC)ccc1SC. The lowest BCUT2D eigenvalue weighted by atomic mass is 10.2. The van der Waals surface area contributed by atoms with E-state index in [1.807, 2.05) is 24.5 Å². The van der Waals surface area contributed by atoms with Gasteiger partial charge in [0.2, 0.25) is 10.0 Å². The molecule has 0 heterocycles. The van der Waals surface area contributed by atoms with Gasteiger partial charge in [-0.2, -0.15) is 4.31 Å². The third kappa shape index (κ3) is 3.85. The Morgan fingerprint density at radius 1 is 1.04 bits per heavy atom. The standard InChI is InChI=1S/C17H21NO4S2/c1-18(12-13-9-10-16(23-4)15(11-13)22-3)24(19,20)17-8-6-5-7-14(17)21-2/h5-11H,12H2,1-4H3. The molecule has 2 aromatic rings. The van der Waals surface area contributed by atoms with Gasteiger partial charge in [0.25, 0.3) is 0 Å². The van der Waals surface area contributed by atoms with Crippen LogP contribution in [0, 0.1) is 0 Å². The van der Waals surface area contributed by atoms with Crippen LogP contribution in [0.15, 0.2) is 52.3 Å². The number of hydrogen-bond acceptors (Lipinski definition) is 5. The summed E-state index contributed by atoms with van der Waals surface area (Å²) in [6.45, 7) is 0.241. The summed E-state index contributed by atoms with van der Waals surface area (Å²) >= 11 is 1.58. The number of hydrogen-bond donors (Lipinski definition) is 0. The summed E-state index contributed by atoms with van der Waals surface area (Å²) in [6.07, 6.45) is 1.97. The molecule has 0 N–H and O–H groups in total. The minimum atomic E-state index is -3.65. The Balaban J connectivity index is 2.30. The zero-order valence-electron chi connectivity index (χ0n) is 14.1. The second-order valence-corrected chi connectivity index (χ2v) is 7.96. The lowest BCUT2D eigenvalue weighted by Gasteiger charge is -2.19. The largest absolute Gasteiger partial charge is 0.496 e. The zero-order valence-corrected chi connectivity index (χ0v) is 15.8. The minimum Gasteiger partial charge on any atom is -0.496 e. The van der Waals surface area contributed by atoms with Crippen LogP contribution in [0.5, 0.6) is 11.5 Å². The molecule has 24 heavy (non-hydrogen) atoms. The van der Waals surface area contributed by atoms with Crippen LogP contribution in [-0.2, 0) is 16.6 Å². The zero-order chi connectivity index (χ0) is 17.7. The summed E-state index contributed by atoms with van der Waals surface area (Å²) in [5.74, 6) is 1.07. The molecule has 0 saturated heterocycles. The highest BCUT2D eigenvalue weighted by Crippen LogP contribution is 2.30. The smallest absolute Gasteiger partial charge is 0.246 e. The van der Waals surface area contributed by atoms with Crippen LogP contribution < -0.4 is 9.47 Å². The van der Waals surface area contributed by atoms with Crippen molar-refractivity contribution in [1.29, 1.82) is 0 Å². The Labute approximate surface area is 147 Å². The van der Waals surface area contributed by atoms with Gasteiger partial charge in [-0.25, -0.2) is 8.42 Å². The molecule has 5 nitrogen and oxygen atoms in total. The first-order valence-corrected chi connectivity index (χ1v) is 9.90. The lowest BCUT2D eigenvalue weighted by Crippen LogP contribution is -2.26. The van der Waals surface area contributed by atoms with E-state index < -0.39 is 10.0 Å². The third-order valence-corrected chi connectivity index (χ3v) is 6.23. The number of ether oxygens (including phenoxy) is 2. The predicted molar refractivity (Wildman–Crippen MR) is 96.4 cm³/mol. The summed E-state index contributed by atoms with van der Waals surface area (Å²) in [4.78, 5) is 1.17. The van der Waals surface area contributed by atoms with Crippen molar-refractivity contribution in [2.24, 2.45) is 0 Å². The maximum absolute atomic E-state index is 12.8. The molecule has 0 amide bonds. The fraction of sp³-hybridized carbons (Fsp3) is 0.294. The van der Waals surface area contributed by atoms with Crippen molar-refractivity contribution >= 4 is 21.8 Å². The summed E-state index contributed by atoms with van der Waals surface area (Å²) in [5, 5.41) is 0. The molecule has 2 aromatic carbocycles. The monoisotopic (exact) mass is 367 g/mol. The molecular weight excluding hydrogens is 346 g/mol. The van der Waals surface area contributed by atoms with E-state index in [9.17, 15) is 8.42 Å². The highest BCUT2D eigenvalue weighted by molar-refractivity contribution is 7.98. The van der Waals surface area contributed by atoms with E-state index in [0.29, 0.717) is 5.75 Å². The maximum atomic E-state index is 12.8. The van der Waals surface area contributed by atoms with E-state index >= 15 is 0 Å². The Morgan fingerprint density at radius 2 is 1.71 bits per heavy atom. The number of nitrogens with zero attached hydrogens (tertiary/aromatic N) is 1. The molecular formula is C17H21NO4S2. The van der Waals surface area contributed by atoms with Crippen molar-refractivity contribution in [2.45, 2.75) is 16.3 Å². The van der Waals surface area contributed by atoms with E-state index in [2.05, 4.69) is 0 Å². The Kier molecular flexibility index (Phi) is 6.15. The first kappa shape index (κ1) is 18.6. The average molecular weight is 367 g/mol. The Hall–Kier alpha value is -1.70. The van der Waals surface area contributed by atoms with Crippen molar-refractivity contribution in [3.63, 3.8) is 0 Å². The van der Waals surface area contributed by atoms with Gasteiger partial charge in [-0.05, 0) is 36.1 Å². The van der Waals surface area contributed by atoms with Crippen LogP contribution in [0.4, 0.5) is 0 Å². The van der Waals surface area contributed by atoms with E-state index in [4.69, 9.17) is 9.47 Å². The topological polar surface area (TPSA) is 55.8 Å². The Morgan fingerprint density at radius 3 is 2.33 bits per heavy atom. The summed E-state index contributed by atoms with van der Waals surface area (Å²) in [6, 6.07) is 12.3. The van der Waals surface area contributed by atoms with Crippen LogP contribution in [0.1, 0.15) is 5.56 Å². The van der Waals surface area contributed by atoms with Crippen molar-refractivity contribution in [2.75, 3.05) is 27.5 Å². The lowest BCUT2D eigenvalue weighted by molar-refractivity contribution is 0.396. The van der Waals surface area contributed by atoms with Gasteiger partial charge in [-0.15, -0.1) is 11.8 Å². The fourth-order valence-corrected chi connectivity index (χ4v) is 4.18. The molecule has 0 spiro atoms. The van der Waals surface area contributed by atoms with Gasteiger partial charge in [-0.3, -0.25) is 0 Å². The molecule has 130 valence electrons. The number of sulfonamides is 1. The number of para-hydroxylation sites is 1. The fourth-order valence-electron chi connectivity index (χ4n) is 2.32. The first-order chi connectivity index (χ1) is 11.4. The van der Waals surface area contributed by atoms with Crippen LogP contribution in [0.2, 0.25) is 0 Å². The second-order valence-electron chi connectivity index (χ2n) is 5.10. The van der Waals surface area contributed by atoms with Gasteiger partial charge in [-0.1, -0.05) is 18.2 Å². The van der Waals surface area contributed by atoms with Gasteiger partial charge < -0.3 is 9.47 Å². The van der Waals surface area contributed by atoms with Gasteiger partial charge in [0, 0.05) is 18.5 Å². The molecule has 0 aliphatic heterocycles. The predicted octanol–water partition coefficient (Wildman–Crippen LogP) is 3.25. The highest BCUT2D eigenvalue weighted by atomic mass is 32.2. The first-order valence-electron chi connectivity index (χ1n) is 7.24. The van der Waals surface area contributed by atoms with Gasteiger partial charge in [0.1, 0.15) is 16.4 Å². The molecule has 0 fully saturated rings. The molecule has 0 aliphatic carbocycles. The van der Waals surface area contributed by atoms with Crippen LogP contribution >= 0.6 is 11.8 Å². The van der Waals surface area contributed by atoms with E-state index in [1.54, 1.807) is 50.2 Å².